The van der Waals surface area contributed by atoms with E-state index in [1.165, 1.54) is 11.3 Å². The van der Waals surface area contributed by atoms with Crippen LogP contribution in [0.15, 0.2) is 77.3 Å². The average molecular weight is 671 g/mol. The summed E-state index contributed by atoms with van der Waals surface area (Å²) in [6, 6.07) is 16.7. The van der Waals surface area contributed by atoms with Crippen molar-refractivity contribution in [2.75, 3.05) is 31.1 Å². The van der Waals surface area contributed by atoms with Gasteiger partial charge in [0.2, 0.25) is 0 Å². The maximum atomic E-state index is 12.9. The van der Waals surface area contributed by atoms with Crippen LogP contribution in [0.1, 0.15) is 48.0 Å². The minimum absolute atomic E-state index is 0. The molecule has 2 aromatic carbocycles. The molecule has 0 saturated carbocycles. The van der Waals surface area contributed by atoms with Gasteiger partial charge < -0.3 is 19.5 Å². The summed E-state index contributed by atoms with van der Waals surface area (Å²) < 4.78 is 27.2. The second kappa shape index (κ2) is 15.5. The molecule has 1 amide bonds. The lowest BCUT2D eigenvalue weighted by atomic mass is 10.2. The van der Waals surface area contributed by atoms with Crippen molar-refractivity contribution in [2.24, 2.45) is 0 Å². The van der Waals surface area contributed by atoms with E-state index in [1.54, 1.807) is 40.7 Å². The van der Waals surface area contributed by atoms with Crippen LogP contribution in [0.4, 0.5) is 5.69 Å². The minimum atomic E-state index is -3.45. The van der Waals surface area contributed by atoms with Gasteiger partial charge in [0.25, 0.3) is 5.91 Å². The number of nitrogens with zero attached hydrogens (tertiary/aromatic N) is 4. The van der Waals surface area contributed by atoms with Gasteiger partial charge in [0.05, 0.1) is 11.4 Å². The number of sulfone groups is 1. The number of benzene rings is 2. The SMILES string of the molecule is CC(C)[SiH](C(C)C)C(C)C.O=C([C@H](O)Cn1ccc2ccccc21)N1CCN(c2ccc(S(=O)(=O)Cc3nccs3)cc2)CC1.[HH]. The maximum absolute atomic E-state index is 12.9. The van der Waals surface area contributed by atoms with Gasteiger partial charge in [-0.15, -0.1) is 11.3 Å². The summed E-state index contributed by atoms with van der Waals surface area (Å²) in [5.74, 6) is -0.377. The molecular formula is C34H50N4O4S2Si. The Kier molecular flexibility index (Phi) is 12.0. The summed E-state index contributed by atoms with van der Waals surface area (Å²) in [6.45, 7) is 16.7. The molecule has 0 bridgehead atoms. The van der Waals surface area contributed by atoms with E-state index in [2.05, 4.69) is 51.4 Å². The van der Waals surface area contributed by atoms with E-state index in [9.17, 15) is 18.3 Å². The van der Waals surface area contributed by atoms with Crippen LogP contribution in [0.25, 0.3) is 10.9 Å². The number of rotatable bonds is 10. The number of hydrogen-bond acceptors (Lipinski definition) is 7. The van der Waals surface area contributed by atoms with Crippen LogP contribution in [0, 0.1) is 0 Å². The van der Waals surface area contributed by atoms with E-state index in [4.69, 9.17) is 0 Å². The van der Waals surface area contributed by atoms with Crippen molar-refractivity contribution in [1.29, 1.82) is 0 Å². The Morgan fingerprint density at radius 1 is 0.933 bits per heavy atom. The van der Waals surface area contributed by atoms with Gasteiger partial charge in [-0.3, -0.25) is 4.79 Å². The van der Waals surface area contributed by atoms with Gasteiger partial charge in [0.1, 0.15) is 10.8 Å². The first kappa shape index (κ1) is 34.9. The Bertz CT molecular complexity index is 1600. The molecule has 1 saturated heterocycles. The lowest BCUT2D eigenvalue weighted by Gasteiger charge is -2.37. The van der Waals surface area contributed by atoms with Crippen molar-refractivity contribution in [3.05, 3.63) is 77.4 Å². The molecule has 4 aromatic rings. The first-order chi connectivity index (χ1) is 21.4. The van der Waals surface area contributed by atoms with Gasteiger partial charge in [-0.25, -0.2) is 13.4 Å². The van der Waals surface area contributed by atoms with Crippen LogP contribution >= 0.6 is 11.3 Å². The Morgan fingerprint density at radius 3 is 2.11 bits per heavy atom. The number of aliphatic hydroxyl groups excluding tert-OH is 1. The number of piperazine rings is 1. The smallest absolute Gasteiger partial charge is 0.253 e. The fourth-order valence-electron chi connectivity index (χ4n) is 6.70. The van der Waals surface area contributed by atoms with Crippen LogP contribution in [0.3, 0.4) is 0 Å². The summed E-state index contributed by atoms with van der Waals surface area (Å²) in [5.41, 5.74) is 4.81. The molecule has 0 unspecified atom stereocenters. The maximum Gasteiger partial charge on any atom is 0.253 e. The van der Waals surface area contributed by atoms with Crippen molar-refractivity contribution in [2.45, 2.75) is 81.5 Å². The monoisotopic (exact) mass is 670 g/mol. The van der Waals surface area contributed by atoms with Gasteiger partial charge in [0.15, 0.2) is 15.9 Å². The second-order valence-electron chi connectivity index (χ2n) is 12.8. The first-order valence-electron chi connectivity index (χ1n) is 15.8. The quantitative estimate of drug-likeness (QED) is 0.194. The lowest BCUT2D eigenvalue weighted by molar-refractivity contribution is -0.141. The van der Waals surface area contributed by atoms with Gasteiger partial charge in [0, 0.05) is 65.4 Å². The van der Waals surface area contributed by atoms with Crippen molar-refractivity contribution >= 4 is 52.5 Å². The van der Waals surface area contributed by atoms with Gasteiger partial charge in [-0.1, -0.05) is 76.4 Å². The largest absolute Gasteiger partial charge is 0.381 e. The number of fused-ring (bicyclic) bond motifs is 1. The number of hydrogen-bond donors (Lipinski definition) is 1. The normalized spacial score (nSPS) is 14.8. The van der Waals surface area contributed by atoms with Crippen LogP contribution < -0.4 is 4.90 Å². The highest BCUT2D eigenvalue weighted by molar-refractivity contribution is 7.90. The highest BCUT2D eigenvalue weighted by Crippen LogP contribution is 2.29. The predicted octanol–water partition coefficient (Wildman–Crippen LogP) is 6.47. The molecule has 0 radical (unpaired) electrons. The molecular weight excluding hydrogens is 621 g/mol. The standard InChI is InChI=1S/C25H26N4O4S2.C9H22Si.H2/c30-23(17-29-11-9-19-3-1-2-4-22(19)29)25(31)28-14-12-27(13-15-28)20-5-7-21(8-6-20)35(32,33)18-24-26-10-16-34-24;1-7(2)10(8(3)4)9(5)6;/h1-11,16,23,30H,12-15,17-18H2;7-10H,1-6H3;1H/t23-;;/m1../s1. The van der Waals surface area contributed by atoms with E-state index >= 15 is 0 Å². The topological polar surface area (TPSA) is 95.7 Å². The molecule has 2 aromatic heterocycles. The zero-order chi connectivity index (χ0) is 32.7. The molecule has 3 heterocycles. The molecule has 11 heteroatoms. The number of anilines is 1. The number of aromatic nitrogens is 2. The Balaban J connectivity index is 0.000000455. The number of thiazole rings is 1. The van der Waals surface area contributed by atoms with Crippen LogP contribution in [-0.4, -0.2) is 75.0 Å². The summed E-state index contributed by atoms with van der Waals surface area (Å²) in [5, 5.41) is 14.0. The van der Waals surface area contributed by atoms with Crippen molar-refractivity contribution in [3.63, 3.8) is 0 Å². The molecule has 246 valence electrons. The summed E-state index contributed by atoms with van der Waals surface area (Å²) >= 11 is 1.33. The second-order valence-corrected chi connectivity index (χ2v) is 21.0. The molecule has 1 aliphatic rings. The van der Waals surface area contributed by atoms with E-state index in [0.29, 0.717) is 31.2 Å². The zero-order valence-electron chi connectivity index (χ0n) is 27.3. The molecule has 5 rings (SSSR count). The molecule has 1 atom stereocenters. The number of amides is 1. The molecule has 1 fully saturated rings. The van der Waals surface area contributed by atoms with E-state index in [-0.39, 0.29) is 24.5 Å². The highest BCUT2D eigenvalue weighted by atomic mass is 32.2. The van der Waals surface area contributed by atoms with E-state index in [1.807, 2.05) is 41.1 Å². The summed E-state index contributed by atoms with van der Waals surface area (Å²) in [7, 11) is -3.90. The predicted molar refractivity (Wildman–Crippen MR) is 191 cm³/mol. The van der Waals surface area contributed by atoms with Crippen molar-refractivity contribution < 1.29 is 19.7 Å². The van der Waals surface area contributed by atoms with Crippen LogP contribution in [0.2, 0.25) is 16.6 Å². The fraction of sp³-hybridized carbons (Fsp3) is 0.471. The Morgan fingerprint density at radius 2 is 1.56 bits per heavy atom. The third-order valence-electron chi connectivity index (χ3n) is 8.59. The third-order valence-corrected chi connectivity index (χ3v) is 15.8. The highest BCUT2D eigenvalue weighted by Gasteiger charge is 2.27. The van der Waals surface area contributed by atoms with Gasteiger partial charge in [-0.2, -0.15) is 0 Å². The molecule has 1 N–H and O–H groups in total. The number of aliphatic hydroxyl groups is 1. The number of para-hydroxylation sites is 1. The first-order valence-corrected chi connectivity index (χ1v) is 20.4. The van der Waals surface area contributed by atoms with E-state index in [0.717, 1.165) is 33.2 Å². The zero-order valence-corrected chi connectivity index (χ0v) is 30.1. The molecule has 45 heavy (non-hydrogen) atoms. The molecule has 1 aliphatic heterocycles. The van der Waals surface area contributed by atoms with Crippen LogP contribution in [0.5, 0.6) is 0 Å². The van der Waals surface area contributed by atoms with Gasteiger partial charge in [-0.05, 0) is 41.8 Å². The summed E-state index contributed by atoms with van der Waals surface area (Å²) in [4.78, 5) is 21.0. The minimum Gasteiger partial charge on any atom is -0.381 e. The Hall–Kier alpha value is -2.99. The molecule has 8 nitrogen and oxygen atoms in total. The Labute approximate surface area is 275 Å². The number of carbonyl (C=O) groups is 1. The fourth-order valence-corrected chi connectivity index (χ4v) is 13.6. The number of carbonyl (C=O) groups excluding carboxylic acids is 1. The van der Waals surface area contributed by atoms with Gasteiger partial charge >= 0.3 is 0 Å². The summed E-state index contributed by atoms with van der Waals surface area (Å²) in [6.07, 6.45) is 2.38. The lowest BCUT2D eigenvalue weighted by Crippen LogP contribution is -2.52. The molecule has 0 spiro atoms. The van der Waals surface area contributed by atoms with E-state index < -0.39 is 24.7 Å². The van der Waals surface area contributed by atoms with Crippen LogP contribution in [-0.2, 0) is 26.9 Å². The average Bonchev–Trinajstić information content (AvgIpc) is 3.66. The van der Waals surface area contributed by atoms with Crippen molar-refractivity contribution in [3.8, 4) is 0 Å². The molecule has 0 aliphatic carbocycles. The van der Waals surface area contributed by atoms with Crippen molar-refractivity contribution in [1.82, 2.24) is 14.5 Å². The third kappa shape index (κ3) is 9.06.